The van der Waals surface area contributed by atoms with Gasteiger partial charge in [0.25, 0.3) is 0 Å². The van der Waals surface area contributed by atoms with Crippen molar-refractivity contribution in [2.24, 2.45) is 0 Å². The van der Waals surface area contributed by atoms with Crippen LogP contribution in [0.15, 0.2) is 66.9 Å². The van der Waals surface area contributed by atoms with E-state index in [0.717, 1.165) is 5.52 Å². The first-order valence-electron chi connectivity index (χ1n) is 10.5. The second kappa shape index (κ2) is 5.28. The van der Waals surface area contributed by atoms with E-state index in [4.69, 9.17) is 4.98 Å². The zero-order valence-corrected chi connectivity index (χ0v) is 17.2. The van der Waals surface area contributed by atoms with Crippen LogP contribution in [-0.4, -0.2) is 9.38 Å². The van der Waals surface area contributed by atoms with Crippen molar-refractivity contribution in [1.29, 1.82) is 0 Å². The molecule has 0 aliphatic rings. The molecule has 0 saturated heterocycles. The van der Waals surface area contributed by atoms with E-state index < -0.39 is 0 Å². The van der Waals surface area contributed by atoms with Gasteiger partial charge in [-0.15, -0.1) is 0 Å². The van der Waals surface area contributed by atoms with Crippen LogP contribution in [0.2, 0.25) is 0 Å². The normalized spacial score (nSPS) is 12.5. The van der Waals surface area contributed by atoms with Crippen molar-refractivity contribution in [2.75, 3.05) is 0 Å². The zero-order chi connectivity index (χ0) is 20.1. The van der Waals surface area contributed by atoms with Gasteiger partial charge in [-0.05, 0) is 71.8 Å². The summed E-state index contributed by atoms with van der Waals surface area (Å²) in [7, 11) is 0. The smallest absolute Gasteiger partial charge is 0.0823 e. The molecular weight excluding hydrogens is 364 g/mol. The van der Waals surface area contributed by atoms with E-state index in [1.54, 1.807) is 0 Å². The fraction of sp³-hybridized carbons (Fsp3) is 0.107. The highest BCUT2D eigenvalue weighted by atomic mass is 14.9. The van der Waals surface area contributed by atoms with Crippen LogP contribution in [0, 0.1) is 20.8 Å². The van der Waals surface area contributed by atoms with Crippen LogP contribution in [0.5, 0.6) is 0 Å². The maximum Gasteiger partial charge on any atom is 0.0823 e. The van der Waals surface area contributed by atoms with Gasteiger partial charge >= 0.3 is 0 Å². The SMILES string of the molecule is Cc1cc2cc3c4nccc5ccc6c7ccccc7n(c3c(C)c2cc1C)c6c54. The van der Waals surface area contributed by atoms with Gasteiger partial charge in [-0.2, -0.15) is 0 Å². The lowest BCUT2D eigenvalue weighted by Crippen LogP contribution is -1.97. The molecule has 2 nitrogen and oxygen atoms in total. The summed E-state index contributed by atoms with van der Waals surface area (Å²) >= 11 is 0. The fourth-order valence-electron chi connectivity index (χ4n) is 5.46. The Hall–Kier alpha value is -3.65. The summed E-state index contributed by atoms with van der Waals surface area (Å²) < 4.78 is 2.49. The molecule has 0 aliphatic carbocycles. The molecule has 0 bridgehead atoms. The van der Waals surface area contributed by atoms with Crippen molar-refractivity contribution in [3.8, 4) is 0 Å². The summed E-state index contributed by atoms with van der Waals surface area (Å²) in [6.45, 7) is 6.67. The molecule has 2 heteroatoms. The molecule has 30 heavy (non-hydrogen) atoms. The Kier molecular flexibility index (Phi) is 2.85. The number of aromatic nitrogens is 2. The second-order valence-corrected chi connectivity index (χ2v) is 8.63. The molecule has 0 saturated carbocycles. The minimum Gasteiger partial charge on any atom is -0.308 e. The number of para-hydroxylation sites is 1. The number of pyridine rings is 2. The predicted octanol–water partition coefficient (Wildman–Crippen LogP) is 7.46. The average molecular weight is 384 g/mol. The largest absolute Gasteiger partial charge is 0.308 e. The number of hydrogen-bond donors (Lipinski definition) is 0. The number of nitrogens with zero attached hydrogens (tertiary/aromatic N) is 2. The van der Waals surface area contributed by atoms with E-state index in [2.05, 4.69) is 85.8 Å². The Morgan fingerprint density at radius 3 is 2.40 bits per heavy atom. The molecule has 0 amide bonds. The molecule has 3 aromatic heterocycles. The van der Waals surface area contributed by atoms with Gasteiger partial charge in [0, 0.05) is 27.7 Å². The quantitative estimate of drug-likeness (QED) is 0.196. The van der Waals surface area contributed by atoms with Crippen LogP contribution >= 0.6 is 0 Å². The van der Waals surface area contributed by atoms with Crippen molar-refractivity contribution < 1.29 is 0 Å². The van der Waals surface area contributed by atoms with Gasteiger partial charge in [0.05, 0.1) is 22.1 Å². The van der Waals surface area contributed by atoms with Crippen molar-refractivity contribution in [3.05, 3.63) is 83.6 Å². The van der Waals surface area contributed by atoms with Crippen LogP contribution in [0.1, 0.15) is 16.7 Å². The number of benzene rings is 4. The lowest BCUT2D eigenvalue weighted by atomic mass is 9.94. The van der Waals surface area contributed by atoms with E-state index in [1.807, 2.05) is 6.20 Å². The topological polar surface area (TPSA) is 17.3 Å². The molecule has 0 fully saturated rings. The Balaban J connectivity index is 1.93. The summed E-state index contributed by atoms with van der Waals surface area (Å²) in [5.41, 5.74) is 8.92. The molecule has 0 aliphatic heterocycles. The molecule has 0 radical (unpaired) electrons. The third-order valence-corrected chi connectivity index (χ3v) is 7.02. The van der Waals surface area contributed by atoms with Gasteiger partial charge in [0.1, 0.15) is 0 Å². The van der Waals surface area contributed by atoms with Crippen molar-refractivity contribution in [3.63, 3.8) is 0 Å². The van der Waals surface area contributed by atoms with Crippen LogP contribution in [-0.2, 0) is 0 Å². The summed E-state index contributed by atoms with van der Waals surface area (Å²) in [5, 5.41) is 8.97. The molecule has 7 rings (SSSR count). The average Bonchev–Trinajstić information content (AvgIpc) is 3.10. The first-order chi connectivity index (χ1) is 14.6. The van der Waals surface area contributed by atoms with E-state index in [0.29, 0.717) is 0 Å². The van der Waals surface area contributed by atoms with Crippen molar-refractivity contribution in [2.45, 2.75) is 20.8 Å². The third kappa shape index (κ3) is 1.78. The maximum absolute atomic E-state index is 4.91. The van der Waals surface area contributed by atoms with Gasteiger partial charge < -0.3 is 4.40 Å². The molecule has 0 unspecified atom stereocenters. The predicted molar refractivity (Wildman–Crippen MR) is 128 cm³/mol. The molecule has 0 N–H and O–H groups in total. The van der Waals surface area contributed by atoms with E-state index in [1.165, 1.54) is 70.9 Å². The lowest BCUT2D eigenvalue weighted by molar-refractivity contribution is 1.31. The van der Waals surface area contributed by atoms with Gasteiger partial charge in [0.15, 0.2) is 0 Å². The summed E-state index contributed by atoms with van der Waals surface area (Å²) in [5.74, 6) is 0. The molecule has 0 spiro atoms. The highest BCUT2D eigenvalue weighted by molar-refractivity contribution is 6.28. The monoisotopic (exact) mass is 384 g/mol. The minimum atomic E-state index is 1.10. The number of fused-ring (bicyclic) bond motifs is 7. The Bertz CT molecular complexity index is 1820. The summed E-state index contributed by atoms with van der Waals surface area (Å²) in [6.07, 6.45) is 1.95. The van der Waals surface area contributed by atoms with E-state index in [9.17, 15) is 0 Å². The van der Waals surface area contributed by atoms with Crippen LogP contribution in [0.25, 0.3) is 59.8 Å². The number of rotatable bonds is 0. The van der Waals surface area contributed by atoms with Gasteiger partial charge in [-0.25, -0.2) is 0 Å². The Morgan fingerprint density at radius 1 is 0.667 bits per heavy atom. The van der Waals surface area contributed by atoms with E-state index >= 15 is 0 Å². The van der Waals surface area contributed by atoms with E-state index in [-0.39, 0.29) is 0 Å². The maximum atomic E-state index is 4.91. The second-order valence-electron chi connectivity index (χ2n) is 8.63. The highest BCUT2D eigenvalue weighted by Gasteiger charge is 2.20. The fourth-order valence-corrected chi connectivity index (χ4v) is 5.46. The van der Waals surface area contributed by atoms with Gasteiger partial charge in [-0.1, -0.05) is 42.5 Å². The van der Waals surface area contributed by atoms with Crippen LogP contribution < -0.4 is 0 Å². The molecular formula is C28H20N2. The first kappa shape index (κ1) is 16.2. The van der Waals surface area contributed by atoms with Crippen molar-refractivity contribution >= 4 is 59.8 Å². The molecule has 4 aromatic carbocycles. The van der Waals surface area contributed by atoms with Gasteiger partial charge in [0.2, 0.25) is 0 Å². The van der Waals surface area contributed by atoms with Gasteiger partial charge in [-0.3, -0.25) is 4.98 Å². The number of hydrogen-bond acceptors (Lipinski definition) is 1. The minimum absolute atomic E-state index is 1.10. The van der Waals surface area contributed by atoms with Crippen LogP contribution in [0.3, 0.4) is 0 Å². The number of aryl methyl sites for hydroxylation is 3. The summed E-state index contributed by atoms with van der Waals surface area (Å²) in [4.78, 5) is 4.91. The third-order valence-electron chi connectivity index (χ3n) is 7.02. The zero-order valence-electron chi connectivity index (χ0n) is 17.2. The molecule has 0 atom stereocenters. The van der Waals surface area contributed by atoms with Crippen LogP contribution in [0.4, 0.5) is 0 Å². The Labute approximate surface area is 173 Å². The Morgan fingerprint density at radius 2 is 1.50 bits per heavy atom. The molecule has 7 aromatic rings. The molecule has 142 valence electrons. The molecule has 3 heterocycles. The highest BCUT2D eigenvalue weighted by Crippen LogP contribution is 2.42. The van der Waals surface area contributed by atoms with Crippen molar-refractivity contribution in [1.82, 2.24) is 9.38 Å². The first-order valence-corrected chi connectivity index (χ1v) is 10.5. The summed E-state index contributed by atoms with van der Waals surface area (Å²) in [6, 6.07) is 22.4. The standard InChI is InChI=1S/C28H20N2/c1-15-12-19-14-23-26-25-18(10-11-29-26)8-9-21-20-6-4-5-7-24(20)30(28(21)25)27(23)17(3)22(19)13-16(15)2/h4-14H,1-3H3. The lowest BCUT2D eigenvalue weighted by Gasteiger charge is -2.16.